The SMILES string of the molecule is Cc1ccccc1CN(C)C(=O)CCN1C(=O)NC2(CCCCC2)C1=O. The van der Waals surface area contributed by atoms with E-state index in [-0.39, 0.29) is 30.8 Å². The average molecular weight is 357 g/mol. The molecule has 0 atom stereocenters. The summed E-state index contributed by atoms with van der Waals surface area (Å²) in [6, 6.07) is 7.59. The number of benzene rings is 1. The summed E-state index contributed by atoms with van der Waals surface area (Å²) in [6.07, 6.45) is 4.57. The minimum atomic E-state index is -0.717. The standard InChI is InChI=1S/C20H27N3O3/c1-15-8-4-5-9-16(15)14-22(2)17(24)10-13-23-18(25)20(21-19(23)26)11-6-3-7-12-20/h4-5,8-9H,3,6-7,10-14H2,1-2H3,(H,21,26). The number of rotatable bonds is 5. The van der Waals surface area contributed by atoms with Crippen molar-refractivity contribution in [2.24, 2.45) is 0 Å². The largest absolute Gasteiger partial charge is 0.341 e. The minimum absolute atomic E-state index is 0.0709. The van der Waals surface area contributed by atoms with Crippen molar-refractivity contribution in [2.45, 2.75) is 57.5 Å². The van der Waals surface area contributed by atoms with Crippen LogP contribution in [0.2, 0.25) is 0 Å². The van der Waals surface area contributed by atoms with Gasteiger partial charge in [-0.15, -0.1) is 0 Å². The highest BCUT2D eigenvalue weighted by Crippen LogP contribution is 2.33. The Bertz CT molecular complexity index is 710. The summed E-state index contributed by atoms with van der Waals surface area (Å²) >= 11 is 0. The highest BCUT2D eigenvalue weighted by Gasteiger charge is 2.51. The monoisotopic (exact) mass is 357 g/mol. The second-order valence-electron chi connectivity index (χ2n) is 7.46. The Labute approximate surface area is 154 Å². The first-order valence-corrected chi connectivity index (χ1v) is 9.35. The number of nitrogens with one attached hydrogen (secondary N) is 1. The quantitative estimate of drug-likeness (QED) is 0.824. The van der Waals surface area contributed by atoms with Gasteiger partial charge >= 0.3 is 6.03 Å². The zero-order chi connectivity index (χ0) is 18.7. The van der Waals surface area contributed by atoms with Crippen molar-refractivity contribution in [2.75, 3.05) is 13.6 Å². The van der Waals surface area contributed by atoms with E-state index in [1.165, 1.54) is 4.90 Å². The van der Waals surface area contributed by atoms with Gasteiger partial charge in [0.25, 0.3) is 5.91 Å². The molecular weight excluding hydrogens is 330 g/mol. The second-order valence-corrected chi connectivity index (χ2v) is 7.46. The van der Waals surface area contributed by atoms with Crippen LogP contribution in [0.3, 0.4) is 0 Å². The molecule has 26 heavy (non-hydrogen) atoms. The second kappa shape index (κ2) is 7.48. The van der Waals surface area contributed by atoms with Crippen LogP contribution in [-0.2, 0) is 16.1 Å². The van der Waals surface area contributed by atoms with Gasteiger partial charge in [0.15, 0.2) is 0 Å². The van der Waals surface area contributed by atoms with E-state index < -0.39 is 5.54 Å². The first-order valence-electron chi connectivity index (χ1n) is 9.35. The Kier molecular flexibility index (Phi) is 5.30. The maximum atomic E-state index is 12.7. The molecule has 0 aromatic heterocycles. The van der Waals surface area contributed by atoms with Crippen molar-refractivity contribution in [1.82, 2.24) is 15.1 Å². The third-order valence-electron chi connectivity index (χ3n) is 5.60. The molecule has 1 spiro atoms. The van der Waals surface area contributed by atoms with Crippen LogP contribution in [0.5, 0.6) is 0 Å². The molecule has 1 aromatic carbocycles. The summed E-state index contributed by atoms with van der Waals surface area (Å²) in [6.45, 7) is 2.68. The molecule has 1 heterocycles. The van der Waals surface area contributed by atoms with Crippen molar-refractivity contribution in [3.63, 3.8) is 0 Å². The van der Waals surface area contributed by atoms with Crippen LogP contribution in [0.4, 0.5) is 4.79 Å². The Hall–Kier alpha value is -2.37. The van der Waals surface area contributed by atoms with Crippen molar-refractivity contribution < 1.29 is 14.4 Å². The summed E-state index contributed by atoms with van der Waals surface area (Å²) in [5.41, 5.74) is 1.52. The van der Waals surface area contributed by atoms with E-state index in [1.807, 2.05) is 31.2 Å². The lowest BCUT2D eigenvalue weighted by molar-refractivity contribution is -0.134. The number of hydrogen-bond acceptors (Lipinski definition) is 3. The normalized spacial score (nSPS) is 18.9. The topological polar surface area (TPSA) is 69.7 Å². The summed E-state index contributed by atoms with van der Waals surface area (Å²) in [7, 11) is 1.75. The highest BCUT2D eigenvalue weighted by molar-refractivity contribution is 6.07. The third-order valence-corrected chi connectivity index (χ3v) is 5.60. The molecule has 0 bridgehead atoms. The summed E-state index contributed by atoms with van der Waals surface area (Å²) in [5, 5.41) is 2.88. The van der Waals surface area contributed by atoms with Crippen molar-refractivity contribution in [1.29, 1.82) is 0 Å². The molecule has 140 valence electrons. The molecule has 6 nitrogen and oxygen atoms in total. The molecule has 2 fully saturated rings. The predicted molar refractivity (Wildman–Crippen MR) is 98.3 cm³/mol. The number of nitrogens with zero attached hydrogens (tertiary/aromatic N) is 2. The minimum Gasteiger partial charge on any atom is -0.341 e. The van der Waals surface area contributed by atoms with Gasteiger partial charge in [-0.1, -0.05) is 43.5 Å². The van der Waals surface area contributed by atoms with Gasteiger partial charge in [-0.3, -0.25) is 14.5 Å². The molecule has 1 aliphatic carbocycles. The molecule has 6 heteroatoms. The van der Waals surface area contributed by atoms with Crippen molar-refractivity contribution in [3.8, 4) is 0 Å². The van der Waals surface area contributed by atoms with Gasteiger partial charge in [-0.05, 0) is 30.9 Å². The molecule has 1 saturated carbocycles. The summed E-state index contributed by atoms with van der Waals surface area (Å²) in [5.74, 6) is -0.227. The molecule has 2 aliphatic rings. The fourth-order valence-corrected chi connectivity index (χ4v) is 3.90. The zero-order valence-electron chi connectivity index (χ0n) is 15.6. The number of urea groups is 1. The van der Waals surface area contributed by atoms with Crippen LogP contribution in [0.15, 0.2) is 24.3 Å². The van der Waals surface area contributed by atoms with Crippen LogP contribution >= 0.6 is 0 Å². The first kappa shape index (κ1) is 18.4. The molecule has 1 saturated heterocycles. The number of aryl methyl sites for hydroxylation is 1. The van der Waals surface area contributed by atoms with E-state index in [4.69, 9.17) is 0 Å². The van der Waals surface area contributed by atoms with Gasteiger partial charge in [0, 0.05) is 26.6 Å². The van der Waals surface area contributed by atoms with Gasteiger partial charge in [0.1, 0.15) is 5.54 Å². The Morgan fingerprint density at radius 1 is 1.19 bits per heavy atom. The van der Waals surface area contributed by atoms with Crippen LogP contribution < -0.4 is 5.32 Å². The fourth-order valence-electron chi connectivity index (χ4n) is 3.90. The highest BCUT2D eigenvalue weighted by atomic mass is 16.2. The summed E-state index contributed by atoms with van der Waals surface area (Å²) < 4.78 is 0. The first-order chi connectivity index (χ1) is 12.4. The lowest BCUT2D eigenvalue weighted by Gasteiger charge is -2.30. The van der Waals surface area contributed by atoms with Crippen LogP contribution in [0.25, 0.3) is 0 Å². The van der Waals surface area contributed by atoms with Gasteiger partial charge < -0.3 is 10.2 Å². The smallest absolute Gasteiger partial charge is 0.325 e. The molecular formula is C20H27N3O3. The van der Waals surface area contributed by atoms with Crippen LogP contribution in [-0.4, -0.2) is 46.8 Å². The number of amides is 4. The summed E-state index contributed by atoms with van der Waals surface area (Å²) in [4.78, 5) is 40.3. The maximum absolute atomic E-state index is 12.7. The van der Waals surface area contributed by atoms with Gasteiger partial charge in [0.2, 0.25) is 5.91 Å². The molecule has 0 radical (unpaired) electrons. The average Bonchev–Trinajstić information content (AvgIpc) is 2.85. The molecule has 3 rings (SSSR count). The van der Waals surface area contributed by atoms with E-state index in [9.17, 15) is 14.4 Å². The fraction of sp³-hybridized carbons (Fsp3) is 0.550. The number of carbonyl (C=O) groups excluding carboxylic acids is 3. The molecule has 0 unspecified atom stereocenters. The Morgan fingerprint density at radius 3 is 2.58 bits per heavy atom. The van der Waals surface area contributed by atoms with E-state index in [0.717, 1.165) is 30.4 Å². The predicted octanol–water partition coefficient (Wildman–Crippen LogP) is 2.60. The van der Waals surface area contributed by atoms with E-state index in [1.54, 1.807) is 11.9 Å². The third kappa shape index (κ3) is 3.59. The molecule has 1 aromatic rings. The Balaban J connectivity index is 1.56. The van der Waals surface area contributed by atoms with Crippen LogP contribution in [0, 0.1) is 6.92 Å². The lowest BCUT2D eigenvalue weighted by Crippen LogP contribution is -2.48. The molecule has 1 N–H and O–H groups in total. The number of carbonyl (C=O) groups is 3. The number of hydrogen-bond donors (Lipinski definition) is 1. The lowest BCUT2D eigenvalue weighted by atomic mass is 9.82. The van der Waals surface area contributed by atoms with E-state index >= 15 is 0 Å². The van der Waals surface area contributed by atoms with E-state index in [0.29, 0.717) is 19.4 Å². The van der Waals surface area contributed by atoms with Crippen LogP contribution in [0.1, 0.15) is 49.7 Å². The van der Waals surface area contributed by atoms with Gasteiger partial charge in [-0.2, -0.15) is 0 Å². The Morgan fingerprint density at radius 2 is 1.88 bits per heavy atom. The van der Waals surface area contributed by atoms with E-state index in [2.05, 4.69) is 5.32 Å². The van der Waals surface area contributed by atoms with Crippen molar-refractivity contribution >= 4 is 17.8 Å². The number of imide groups is 1. The molecule has 4 amide bonds. The van der Waals surface area contributed by atoms with Crippen molar-refractivity contribution in [3.05, 3.63) is 35.4 Å². The van der Waals surface area contributed by atoms with Gasteiger partial charge in [-0.25, -0.2) is 4.79 Å². The molecule has 1 aliphatic heterocycles. The van der Waals surface area contributed by atoms with Gasteiger partial charge in [0.05, 0.1) is 0 Å². The zero-order valence-corrected chi connectivity index (χ0v) is 15.6. The maximum Gasteiger partial charge on any atom is 0.325 e.